The van der Waals surface area contributed by atoms with Gasteiger partial charge >= 0.3 is 0 Å². The third-order valence-electron chi connectivity index (χ3n) is 4.07. The minimum Gasteiger partial charge on any atom is -0.368 e. The van der Waals surface area contributed by atoms with Gasteiger partial charge in [-0.15, -0.1) is 5.10 Å². The van der Waals surface area contributed by atoms with E-state index in [9.17, 15) is 8.42 Å². The van der Waals surface area contributed by atoms with Gasteiger partial charge in [-0.2, -0.15) is 0 Å². The van der Waals surface area contributed by atoms with Gasteiger partial charge in [-0.05, 0) is 25.0 Å². The van der Waals surface area contributed by atoms with Gasteiger partial charge in [0.2, 0.25) is 10.0 Å². The van der Waals surface area contributed by atoms with Gasteiger partial charge in [0.15, 0.2) is 0 Å². The fraction of sp³-hybridized carbons (Fsp3) is 0.467. The van der Waals surface area contributed by atoms with E-state index in [1.165, 1.54) is 12.1 Å². The van der Waals surface area contributed by atoms with E-state index in [1.807, 2.05) is 17.8 Å². The molecule has 1 aromatic heterocycles. The average Bonchev–Trinajstić information content (AvgIpc) is 2.99. The van der Waals surface area contributed by atoms with Gasteiger partial charge in [0.1, 0.15) is 11.8 Å². The minimum absolute atomic E-state index is 0.0777. The van der Waals surface area contributed by atoms with E-state index >= 15 is 0 Å². The van der Waals surface area contributed by atoms with E-state index in [-0.39, 0.29) is 23.1 Å². The highest BCUT2D eigenvalue weighted by Crippen LogP contribution is 2.37. The zero-order chi connectivity index (χ0) is 16.8. The topological polar surface area (TPSA) is 103 Å². The van der Waals surface area contributed by atoms with E-state index in [0.29, 0.717) is 11.6 Å². The van der Waals surface area contributed by atoms with Crippen molar-refractivity contribution in [3.8, 4) is 11.3 Å². The number of hydrogen-bond donors (Lipinski definition) is 1. The Bertz CT molecular complexity index is 798. The van der Waals surface area contributed by atoms with Crippen LogP contribution in [0.3, 0.4) is 0 Å². The predicted molar refractivity (Wildman–Crippen MR) is 85.0 cm³/mol. The third-order valence-corrected chi connectivity index (χ3v) is 5.00. The molecule has 23 heavy (non-hydrogen) atoms. The quantitative estimate of drug-likeness (QED) is 0.835. The van der Waals surface area contributed by atoms with E-state index < -0.39 is 10.0 Å². The highest BCUT2D eigenvalue weighted by atomic mass is 32.2. The Labute approximate surface area is 135 Å². The van der Waals surface area contributed by atoms with E-state index in [2.05, 4.69) is 24.2 Å². The third kappa shape index (κ3) is 3.29. The molecule has 2 heterocycles. The highest BCUT2D eigenvalue weighted by Gasteiger charge is 2.44. The van der Waals surface area contributed by atoms with Gasteiger partial charge in [0, 0.05) is 5.56 Å². The maximum absolute atomic E-state index is 11.3. The first-order valence-corrected chi connectivity index (χ1v) is 9.02. The zero-order valence-corrected chi connectivity index (χ0v) is 14.1. The van der Waals surface area contributed by atoms with Crippen molar-refractivity contribution >= 4 is 10.0 Å². The maximum atomic E-state index is 11.3. The highest BCUT2D eigenvalue weighted by molar-refractivity contribution is 7.89. The number of nitrogens with zero attached hydrogens (tertiary/aromatic N) is 3. The smallest absolute Gasteiger partial charge is 0.238 e. The van der Waals surface area contributed by atoms with Crippen molar-refractivity contribution < 1.29 is 13.2 Å². The second-order valence-corrected chi connectivity index (χ2v) is 7.76. The van der Waals surface area contributed by atoms with Crippen LogP contribution in [0, 0.1) is 5.92 Å². The van der Waals surface area contributed by atoms with Crippen molar-refractivity contribution in [1.29, 1.82) is 0 Å². The molecule has 124 valence electrons. The van der Waals surface area contributed by atoms with Crippen LogP contribution in [0.1, 0.15) is 26.8 Å². The van der Waals surface area contributed by atoms with Crippen molar-refractivity contribution in [2.45, 2.75) is 43.9 Å². The van der Waals surface area contributed by atoms with E-state index in [1.54, 1.807) is 12.1 Å². The Hall–Kier alpha value is -1.77. The molecule has 2 aromatic rings. The molecule has 1 saturated heterocycles. The van der Waals surface area contributed by atoms with Gasteiger partial charge in [-0.3, -0.25) is 0 Å². The summed E-state index contributed by atoms with van der Waals surface area (Å²) < 4.78 is 30.0. The van der Waals surface area contributed by atoms with Crippen molar-refractivity contribution in [2.75, 3.05) is 0 Å². The summed E-state index contributed by atoms with van der Waals surface area (Å²) in [6.45, 7) is 6.30. The Morgan fingerprint density at radius 3 is 2.35 bits per heavy atom. The summed E-state index contributed by atoms with van der Waals surface area (Å²) in [7, 11) is -3.69. The summed E-state index contributed by atoms with van der Waals surface area (Å²) in [6, 6.07) is 6.42. The van der Waals surface area contributed by atoms with Crippen molar-refractivity contribution in [3.63, 3.8) is 0 Å². The summed E-state index contributed by atoms with van der Waals surface area (Å²) in [4.78, 5) is 0.0777. The molecule has 7 nitrogen and oxygen atoms in total. The molecule has 0 saturated carbocycles. The Kier molecular flexibility index (Phi) is 3.99. The van der Waals surface area contributed by atoms with Gasteiger partial charge in [-0.25, -0.2) is 18.2 Å². The number of primary sulfonamides is 1. The molecular formula is C15H20N4O3S. The van der Waals surface area contributed by atoms with E-state index in [0.717, 1.165) is 5.56 Å². The minimum atomic E-state index is -3.69. The normalized spacial score (nSPS) is 22.3. The van der Waals surface area contributed by atoms with Crippen molar-refractivity contribution in [3.05, 3.63) is 30.5 Å². The average molecular weight is 336 g/mol. The van der Waals surface area contributed by atoms with Gasteiger partial charge < -0.3 is 4.74 Å². The fourth-order valence-electron chi connectivity index (χ4n) is 2.77. The molecule has 0 bridgehead atoms. The van der Waals surface area contributed by atoms with Crippen LogP contribution in [0.25, 0.3) is 11.3 Å². The summed E-state index contributed by atoms with van der Waals surface area (Å²) in [5, 5.41) is 13.5. The van der Waals surface area contributed by atoms with Crippen LogP contribution < -0.4 is 5.14 Å². The molecule has 0 aliphatic carbocycles. The standard InChI is InChI=1S/C15H20N4O3S/c1-9(2)14(15-10(3)22-15)19-8-13(17-18-19)11-4-6-12(7-5-11)23(16,20)21/h4-10,14-15H,1-3H3,(H2,16,20,21)/t10?,14-,15?/m0/s1. The number of hydrogen-bond acceptors (Lipinski definition) is 5. The second-order valence-electron chi connectivity index (χ2n) is 6.19. The molecule has 1 fully saturated rings. The molecule has 0 amide bonds. The molecule has 0 spiro atoms. The number of sulfonamides is 1. The van der Waals surface area contributed by atoms with Crippen LogP contribution >= 0.6 is 0 Å². The van der Waals surface area contributed by atoms with Crippen LogP contribution in [0.4, 0.5) is 0 Å². The SMILES string of the molecule is CC1OC1[C@H](C(C)C)n1cc(-c2ccc(S(N)(=O)=O)cc2)nn1. The number of rotatable bonds is 5. The van der Waals surface area contributed by atoms with Crippen LogP contribution in [0.2, 0.25) is 0 Å². The molecule has 8 heteroatoms. The Balaban J connectivity index is 1.87. The number of aromatic nitrogens is 3. The molecule has 3 atom stereocenters. The number of nitrogens with two attached hydrogens (primary N) is 1. The predicted octanol–water partition coefficient (Wildman–Crippen LogP) is 1.58. The van der Waals surface area contributed by atoms with Crippen LogP contribution in [0.15, 0.2) is 35.4 Å². The summed E-state index contributed by atoms with van der Waals surface area (Å²) in [6.07, 6.45) is 2.27. The molecule has 2 unspecified atom stereocenters. The van der Waals surface area contributed by atoms with E-state index in [4.69, 9.17) is 9.88 Å². The van der Waals surface area contributed by atoms with Crippen LogP contribution in [-0.2, 0) is 14.8 Å². The molecule has 1 aromatic carbocycles. The lowest BCUT2D eigenvalue weighted by atomic mass is 9.99. The number of benzene rings is 1. The fourth-order valence-corrected chi connectivity index (χ4v) is 3.28. The monoisotopic (exact) mass is 336 g/mol. The first kappa shape index (κ1) is 16.1. The molecule has 3 rings (SSSR count). The lowest BCUT2D eigenvalue weighted by Gasteiger charge is -2.18. The van der Waals surface area contributed by atoms with Crippen LogP contribution in [-0.4, -0.2) is 35.6 Å². The molecular weight excluding hydrogens is 316 g/mol. The lowest BCUT2D eigenvalue weighted by Crippen LogP contribution is -2.22. The molecule has 2 N–H and O–H groups in total. The summed E-state index contributed by atoms with van der Waals surface area (Å²) in [5.74, 6) is 0.365. The van der Waals surface area contributed by atoms with Crippen molar-refractivity contribution in [2.24, 2.45) is 11.1 Å². The van der Waals surface area contributed by atoms with Crippen molar-refractivity contribution in [1.82, 2.24) is 15.0 Å². The van der Waals surface area contributed by atoms with Crippen LogP contribution in [0.5, 0.6) is 0 Å². The summed E-state index contributed by atoms with van der Waals surface area (Å²) in [5.41, 5.74) is 1.47. The maximum Gasteiger partial charge on any atom is 0.238 e. The lowest BCUT2D eigenvalue weighted by molar-refractivity contribution is 0.250. The molecule has 1 aliphatic heterocycles. The Morgan fingerprint density at radius 2 is 1.87 bits per heavy atom. The largest absolute Gasteiger partial charge is 0.368 e. The zero-order valence-electron chi connectivity index (χ0n) is 13.2. The second kappa shape index (κ2) is 5.70. The Morgan fingerprint density at radius 1 is 1.26 bits per heavy atom. The number of ether oxygens (including phenoxy) is 1. The van der Waals surface area contributed by atoms with Gasteiger partial charge in [-0.1, -0.05) is 31.2 Å². The first-order valence-electron chi connectivity index (χ1n) is 7.48. The first-order chi connectivity index (χ1) is 10.8. The molecule has 1 aliphatic rings. The van der Waals surface area contributed by atoms with Gasteiger partial charge in [0.25, 0.3) is 0 Å². The van der Waals surface area contributed by atoms with Gasteiger partial charge in [0.05, 0.1) is 23.2 Å². The summed E-state index contributed by atoms with van der Waals surface area (Å²) >= 11 is 0. The number of epoxide rings is 1. The molecule has 0 radical (unpaired) electrons.